The monoisotopic (exact) mass is 478 g/mol. The zero-order valence-electron chi connectivity index (χ0n) is 18.5. The van der Waals surface area contributed by atoms with E-state index in [1.165, 1.54) is 139 Å². The third-order valence-electron chi connectivity index (χ3n) is 5.67. The lowest BCUT2D eigenvalue weighted by molar-refractivity contribution is 0.501. The predicted molar refractivity (Wildman–Crippen MR) is 131 cm³/mol. The molecule has 1 heteroatoms. The Balaban J connectivity index is 2.97. The van der Waals surface area contributed by atoms with Gasteiger partial charge < -0.3 is 0 Å². The van der Waals surface area contributed by atoms with Gasteiger partial charge in [-0.1, -0.05) is 165 Å². The van der Waals surface area contributed by atoms with Gasteiger partial charge in [-0.3, -0.25) is 0 Å². The second-order valence-corrected chi connectivity index (χ2v) is 10.0. The van der Waals surface area contributed by atoms with Crippen LogP contribution in [0, 0.1) is 5.92 Å². The summed E-state index contributed by atoms with van der Waals surface area (Å²) in [6.45, 7) is 4.69. The minimum absolute atomic E-state index is 0.898. The van der Waals surface area contributed by atoms with Crippen LogP contribution in [0.4, 0.5) is 0 Å². The maximum atomic E-state index is 2.50. The van der Waals surface area contributed by atoms with Crippen molar-refractivity contribution in [3.63, 3.8) is 0 Å². The van der Waals surface area contributed by atoms with Crippen LogP contribution in [-0.4, -0.2) is 4.43 Å². The highest BCUT2D eigenvalue weighted by molar-refractivity contribution is 14.1. The summed E-state index contributed by atoms with van der Waals surface area (Å²) in [5.41, 5.74) is 0. The molecule has 0 amide bonds. The molecule has 0 aliphatic rings. The highest BCUT2D eigenvalue weighted by Gasteiger charge is 1.96. The number of hydrogen-bond acceptors (Lipinski definition) is 0. The molecule has 26 heavy (non-hydrogen) atoms. The summed E-state index contributed by atoms with van der Waals surface area (Å²) in [5, 5.41) is 0. The molecule has 0 radical (unpaired) electrons. The Kier molecular flexibility index (Phi) is 24.4. The van der Waals surface area contributed by atoms with Gasteiger partial charge in [-0.05, 0) is 16.8 Å². The molecule has 0 saturated heterocycles. The number of halogens is 1. The third kappa shape index (κ3) is 24.7. The first-order chi connectivity index (χ1) is 12.8. The average molecular weight is 479 g/mol. The zero-order chi connectivity index (χ0) is 19.1. The smallest absolute Gasteiger partial charge is 0.000473 e. The van der Waals surface area contributed by atoms with Crippen LogP contribution in [0.15, 0.2) is 0 Å². The van der Waals surface area contributed by atoms with E-state index in [0.29, 0.717) is 0 Å². The standard InChI is InChI=1S/C25H51I/c1-25(2)23-21-19-17-15-13-11-9-7-5-3-4-6-8-10-12-14-16-18-20-22-24-26/h25H,3-24H2,1-2H3. The number of rotatable bonds is 22. The summed E-state index contributed by atoms with van der Waals surface area (Å²) in [7, 11) is 0. The van der Waals surface area contributed by atoms with Gasteiger partial charge in [0.1, 0.15) is 0 Å². The summed E-state index contributed by atoms with van der Waals surface area (Å²) in [5.74, 6) is 0.898. The lowest BCUT2D eigenvalue weighted by Gasteiger charge is -2.05. The van der Waals surface area contributed by atoms with E-state index in [2.05, 4.69) is 36.4 Å². The van der Waals surface area contributed by atoms with Crippen LogP contribution in [0.1, 0.15) is 149 Å². The molecule has 0 unspecified atom stereocenters. The van der Waals surface area contributed by atoms with Crippen molar-refractivity contribution >= 4 is 22.6 Å². The van der Waals surface area contributed by atoms with Crippen molar-refractivity contribution in [2.24, 2.45) is 5.92 Å². The van der Waals surface area contributed by atoms with Crippen LogP contribution < -0.4 is 0 Å². The number of hydrogen-bond donors (Lipinski definition) is 0. The van der Waals surface area contributed by atoms with E-state index in [-0.39, 0.29) is 0 Å². The highest BCUT2D eigenvalue weighted by atomic mass is 127. The molecule has 0 bridgehead atoms. The van der Waals surface area contributed by atoms with E-state index in [9.17, 15) is 0 Å². The van der Waals surface area contributed by atoms with Gasteiger partial charge in [0.25, 0.3) is 0 Å². The van der Waals surface area contributed by atoms with E-state index >= 15 is 0 Å². The van der Waals surface area contributed by atoms with Crippen LogP contribution in [0.2, 0.25) is 0 Å². The maximum absolute atomic E-state index is 2.50. The van der Waals surface area contributed by atoms with Crippen molar-refractivity contribution in [2.75, 3.05) is 4.43 Å². The Bertz CT molecular complexity index is 236. The zero-order valence-corrected chi connectivity index (χ0v) is 20.7. The van der Waals surface area contributed by atoms with Gasteiger partial charge in [-0.2, -0.15) is 0 Å². The number of alkyl halides is 1. The molecule has 0 saturated carbocycles. The fourth-order valence-corrected chi connectivity index (χ4v) is 4.37. The molecule has 0 fully saturated rings. The van der Waals surface area contributed by atoms with Gasteiger partial charge in [0.05, 0.1) is 0 Å². The molecule has 158 valence electrons. The maximum Gasteiger partial charge on any atom is -0.000473 e. The highest BCUT2D eigenvalue weighted by Crippen LogP contribution is 2.15. The molecule has 0 N–H and O–H groups in total. The van der Waals surface area contributed by atoms with Crippen LogP contribution in [0.25, 0.3) is 0 Å². The van der Waals surface area contributed by atoms with Crippen molar-refractivity contribution in [3.8, 4) is 0 Å². The van der Waals surface area contributed by atoms with Crippen molar-refractivity contribution in [3.05, 3.63) is 0 Å². The third-order valence-corrected chi connectivity index (χ3v) is 6.43. The van der Waals surface area contributed by atoms with E-state index in [0.717, 1.165) is 5.92 Å². The molecule has 0 atom stereocenters. The quantitative estimate of drug-likeness (QED) is 0.0825. The van der Waals surface area contributed by atoms with Crippen LogP contribution >= 0.6 is 22.6 Å². The molecule has 0 nitrogen and oxygen atoms in total. The molecular weight excluding hydrogens is 427 g/mol. The molecular formula is C25H51I. The minimum atomic E-state index is 0.898. The summed E-state index contributed by atoms with van der Waals surface area (Å²) >= 11 is 2.50. The molecule has 0 aromatic heterocycles. The Hall–Kier alpha value is 0.730. The normalized spacial score (nSPS) is 11.5. The second-order valence-electron chi connectivity index (χ2n) is 8.94. The molecule has 0 spiro atoms. The average Bonchev–Trinajstić information content (AvgIpc) is 2.62. The first-order valence-corrected chi connectivity index (χ1v) is 13.9. The van der Waals surface area contributed by atoms with Gasteiger partial charge in [0.15, 0.2) is 0 Å². The van der Waals surface area contributed by atoms with E-state index in [4.69, 9.17) is 0 Å². The van der Waals surface area contributed by atoms with E-state index in [1.54, 1.807) is 0 Å². The fourth-order valence-electron chi connectivity index (χ4n) is 3.83. The lowest BCUT2D eigenvalue weighted by atomic mass is 10.0. The first kappa shape index (κ1) is 26.7. The van der Waals surface area contributed by atoms with Crippen molar-refractivity contribution in [1.82, 2.24) is 0 Å². The van der Waals surface area contributed by atoms with Gasteiger partial charge in [-0.25, -0.2) is 0 Å². The predicted octanol–water partition coefficient (Wildman–Crippen LogP) is 10.3. The molecule has 0 aliphatic heterocycles. The Morgan fingerprint density at radius 2 is 0.615 bits per heavy atom. The lowest BCUT2D eigenvalue weighted by Crippen LogP contribution is -1.87. The minimum Gasteiger partial charge on any atom is -0.0864 e. The SMILES string of the molecule is CC(C)CCCCCCCCCCCCCCCCCCCCCCI. The topological polar surface area (TPSA) is 0 Å². The fraction of sp³-hybridized carbons (Fsp3) is 1.00. The van der Waals surface area contributed by atoms with Gasteiger partial charge in [0.2, 0.25) is 0 Å². The summed E-state index contributed by atoms with van der Waals surface area (Å²) in [6, 6.07) is 0. The summed E-state index contributed by atoms with van der Waals surface area (Å²) < 4.78 is 1.34. The Labute approximate surface area is 181 Å². The van der Waals surface area contributed by atoms with Gasteiger partial charge in [0, 0.05) is 0 Å². The van der Waals surface area contributed by atoms with Crippen molar-refractivity contribution in [1.29, 1.82) is 0 Å². The van der Waals surface area contributed by atoms with Crippen molar-refractivity contribution in [2.45, 2.75) is 149 Å². The van der Waals surface area contributed by atoms with Crippen molar-refractivity contribution < 1.29 is 0 Å². The summed E-state index contributed by atoms with van der Waals surface area (Å²) in [4.78, 5) is 0. The van der Waals surface area contributed by atoms with E-state index in [1.807, 2.05) is 0 Å². The molecule has 0 heterocycles. The Morgan fingerprint density at radius 3 is 0.846 bits per heavy atom. The first-order valence-electron chi connectivity index (χ1n) is 12.3. The second kappa shape index (κ2) is 23.8. The Morgan fingerprint density at radius 1 is 0.385 bits per heavy atom. The van der Waals surface area contributed by atoms with Crippen LogP contribution in [0.5, 0.6) is 0 Å². The summed E-state index contributed by atoms with van der Waals surface area (Å²) in [6.07, 6.45) is 31.0. The van der Waals surface area contributed by atoms with Crippen LogP contribution in [-0.2, 0) is 0 Å². The largest absolute Gasteiger partial charge is 0.0864 e. The van der Waals surface area contributed by atoms with Crippen LogP contribution in [0.3, 0.4) is 0 Å². The number of unbranched alkanes of at least 4 members (excludes halogenated alkanes) is 19. The van der Waals surface area contributed by atoms with Gasteiger partial charge >= 0.3 is 0 Å². The molecule has 0 aliphatic carbocycles. The van der Waals surface area contributed by atoms with E-state index < -0.39 is 0 Å². The molecule has 0 aromatic rings. The molecule has 0 aromatic carbocycles. The van der Waals surface area contributed by atoms with Gasteiger partial charge in [-0.15, -0.1) is 0 Å². The molecule has 0 rings (SSSR count).